The molecule has 0 N–H and O–H groups in total. The molecule has 1 rings (SSSR count). The quantitative estimate of drug-likeness (QED) is 0.701. The summed E-state index contributed by atoms with van der Waals surface area (Å²) < 4.78 is 38.0. The molecule has 0 atom stereocenters. The zero-order valence-electron chi connectivity index (χ0n) is 8.47. The van der Waals surface area contributed by atoms with Crippen LogP contribution in [0.3, 0.4) is 0 Å². The van der Waals surface area contributed by atoms with Crippen LogP contribution in [0.1, 0.15) is 22.3 Å². The zero-order chi connectivity index (χ0) is 13.1. The molecule has 0 heterocycles. The molecule has 0 bridgehead atoms. The zero-order valence-corrected chi connectivity index (χ0v) is 8.47. The molecule has 0 aliphatic rings. The third-order valence-electron chi connectivity index (χ3n) is 2.05. The second kappa shape index (κ2) is 4.60. The van der Waals surface area contributed by atoms with Crippen LogP contribution in [-0.4, -0.2) is 0 Å². The Kier molecular flexibility index (Phi) is 3.41. The molecular formula is C12H5F3N2. The predicted molar refractivity (Wildman–Crippen MR) is 53.4 cm³/mol. The van der Waals surface area contributed by atoms with Gasteiger partial charge >= 0.3 is 6.18 Å². The Hall–Kier alpha value is -2.45. The maximum Gasteiger partial charge on any atom is 0.417 e. The van der Waals surface area contributed by atoms with E-state index in [4.69, 9.17) is 16.9 Å². The lowest BCUT2D eigenvalue weighted by Gasteiger charge is -2.11. The topological polar surface area (TPSA) is 47.6 Å². The van der Waals surface area contributed by atoms with Crippen molar-refractivity contribution in [2.45, 2.75) is 12.6 Å². The highest BCUT2D eigenvalue weighted by Crippen LogP contribution is 2.34. The van der Waals surface area contributed by atoms with Crippen LogP contribution in [0.15, 0.2) is 12.1 Å². The van der Waals surface area contributed by atoms with Gasteiger partial charge in [0.25, 0.3) is 0 Å². The molecular weight excluding hydrogens is 229 g/mol. The molecule has 0 spiro atoms. The van der Waals surface area contributed by atoms with Gasteiger partial charge < -0.3 is 0 Å². The minimum absolute atomic E-state index is 0.145. The van der Waals surface area contributed by atoms with E-state index in [0.29, 0.717) is 0 Å². The average Bonchev–Trinajstić information content (AvgIpc) is 2.27. The average molecular weight is 234 g/mol. The van der Waals surface area contributed by atoms with Gasteiger partial charge in [-0.25, -0.2) is 0 Å². The van der Waals surface area contributed by atoms with E-state index in [2.05, 4.69) is 0 Å². The molecule has 1 aromatic rings. The van der Waals surface area contributed by atoms with E-state index in [-0.39, 0.29) is 17.5 Å². The molecule has 1 aromatic carbocycles. The molecule has 84 valence electrons. The SMILES string of the molecule is C#Cc1cc(CC#N)cc(C(F)(F)F)c1C#N. The number of terminal acetylenes is 1. The largest absolute Gasteiger partial charge is 0.417 e. The van der Waals surface area contributed by atoms with Crippen LogP contribution >= 0.6 is 0 Å². The lowest BCUT2D eigenvalue weighted by Crippen LogP contribution is -2.10. The van der Waals surface area contributed by atoms with Crippen molar-refractivity contribution in [2.24, 2.45) is 0 Å². The van der Waals surface area contributed by atoms with Crippen LogP contribution in [0.25, 0.3) is 0 Å². The monoisotopic (exact) mass is 234 g/mol. The van der Waals surface area contributed by atoms with Crippen LogP contribution in [0.5, 0.6) is 0 Å². The van der Waals surface area contributed by atoms with Gasteiger partial charge in [-0.3, -0.25) is 0 Å². The normalized spacial score (nSPS) is 10.1. The Balaban J connectivity index is 3.58. The number of halogens is 3. The van der Waals surface area contributed by atoms with Gasteiger partial charge in [-0.1, -0.05) is 5.92 Å². The second-order valence-electron chi connectivity index (χ2n) is 3.15. The minimum Gasteiger partial charge on any atom is -0.198 e. The first kappa shape index (κ1) is 12.6. The molecule has 0 radical (unpaired) electrons. The summed E-state index contributed by atoms with van der Waals surface area (Å²) in [6.07, 6.45) is 0.196. The highest BCUT2D eigenvalue weighted by Gasteiger charge is 2.35. The molecule has 0 aliphatic heterocycles. The summed E-state index contributed by atoms with van der Waals surface area (Å²) in [6.45, 7) is 0. The highest BCUT2D eigenvalue weighted by atomic mass is 19.4. The third-order valence-corrected chi connectivity index (χ3v) is 2.05. The van der Waals surface area contributed by atoms with Crippen molar-refractivity contribution in [1.82, 2.24) is 0 Å². The van der Waals surface area contributed by atoms with Gasteiger partial charge in [0.1, 0.15) is 6.07 Å². The van der Waals surface area contributed by atoms with Gasteiger partial charge in [-0.05, 0) is 17.7 Å². The third kappa shape index (κ3) is 2.56. The highest BCUT2D eigenvalue weighted by molar-refractivity contribution is 5.54. The fraction of sp³-hybridized carbons (Fsp3) is 0.167. The smallest absolute Gasteiger partial charge is 0.198 e. The fourth-order valence-corrected chi connectivity index (χ4v) is 1.35. The van der Waals surface area contributed by atoms with E-state index in [9.17, 15) is 13.2 Å². The molecule has 5 heteroatoms. The van der Waals surface area contributed by atoms with E-state index in [0.717, 1.165) is 6.07 Å². The standard InChI is InChI=1S/C12H5F3N2/c1-2-9-5-8(3-4-16)6-11(10(9)7-17)12(13,14)15/h1,5-6H,3H2. The molecule has 0 fully saturated rings. The van der Waals surface area contributed by atoms with Crippen LogP contribution in [0, 0.1) is 35.0 Å². The molecule has 17 heavy (non-hydrogen) atoms. The summed E-state index contributed by atoms with van der Waals surface area (Å²) in [5.41, 5.74) is -1.68. The maximum absolute atomic E-state index is 12.7. The van der Waals surface area contributed by atoms with E-state index < -0.39 is 17.3 Å². The first-order valence-corrected chi connectivity index (χ1v) is 4.41. The molecule has 2 nitrogen and oxygen atoms in total. The van der Waals surface area contributed by atoms with Crippen LogP contribution in [-0.2, 0) is 12.6 Å². The lowest BCUT2D eigenvalue weighted by atomic mass is 9.97. The molecule has 0 amide bonds. The van der Waals surface area contributed by atoms with Crippen molar-refractivity contribution in [3.8, 4) is 24.5 Å². The summed E-state index contributed by atoms with van der Waals surface area (Å²) in [5.74, 6) is 2.03. The number of hydrogen-bond donors (Lipinski definition) is 0. The summed E-state index contributed by atoms with van der Waals surface area (Å²) in [6, 6.07) is 5.21. The first-order chi connectivity index (χ1) is 7.93. The van der Waals surface area contributed by atoms with Crippen molar-refractivity contribution < 1.29 is 13.2 Å². The predicted octanol–water partition coefficient (Wildman–Crippen LogP) is 2.62. The number of nitriles is 2. The Morgan fingerprint density at radius 1 is 1.24 bits per heavy atom. The summed E-state index contributed by atoms with van der Waals surface area (Å²) in [7, 11) is 0. The van der Waals surface area contributed by atoms with Crippen molar-refractivity contribution in [3.63, 3.8) is 0 Å². The number of nitrogens with zero attached hydrogens (tertiary/aromatic N) is 2. The minimum atomic E-state index is -4.66. The lowest BCUT2D eigenvalue weighted by molar-refractivity contribution is -0.137. The Morgan fingerprint density at radius 2 is 1.88 bits per heavy atom. The Bertz CT molecular complexity index is 566. The molecule has 0 aromatic heterocycles. The molecule has 0 aliphatic carbocycles. The fourth-order valence-electron chi connectivity index (χ4n) is 1.35. The number of benzene rings is 1. The second-order valence-corrected chi connectivity index (χ2v) is 3.15. The number of rotatable bonds is 1. The summed E-state index contributed by atoms with van der Waals surface area (Å²) in [5, 5.41) is 17.2. The molecule has 0 saturated heterocycles. The van der Waals surface area contributed by atoms with Gasteiger partial charge in [0.2, 0.25) is 0 Å². The Morgan fingerprint density at radius 3 is 2.29 bits per heavy atom. The number of hydrogen-bond acceptors (Lipinski definition) is 2. The number of alkyl halides is 3. The van der Waals surface area contributed by atoms with Crippen molar-refractivity contribution in [1.29, 1.82) is 10.5 Å². The Labute approximate surface area is 95.9 Å². The van der Waals surface area contributed by atoms with E-state index in [1.165, 1.54) is 12.1 Å². The van der Waals surface area contributed by atoms with Crippen LogP contribution < -0.4 is 0 Å². The first-order valence-electron chi connectivity index (χ1n) is 4.41. The van der Waals surface area contributed by atoms with Crippen molar-refractivity contribution in [3.05, 3.63) is 34.4 Å². The van der Waals surface area contributed by atoms with Gasteiger partial charge in [0.05, 0.1) is 23.6 Å². The van der Waals surface area contributed by atoms with Gasteiger partial charge in [-0.15, -0.1) is 6.42 Å². The van der Waals surface area contributed by atoms with Crippen LogP contribution in [0.2, 0.25) is 0 Å². The maximum atomic E-state index is 12.7. The molecule has 0 unspecified atom stereocenters. The van der Waals surface area contributed by atoms with Gasteiger partial charge in [0.15, 0.2) is 0 Å². The summed E-state index contributed by atoms with van der Waals surface area (Å²) in [4.78, 5) is 0. The van der Waals surface area contributed by atoms with Crippen molar-refractivity contribution in [2.75, 3.05) is 0 Å². The van der Waals surface area contributed by atoms with Crippen LogP contribution in [0.4, 0.5) is 13.2 Å². The van der Waals surface area contributed by atoms with E-state index in [1.54, 1.807) is 6.07 Å². The van der Waals surface area contributed by atoms with Gasteiger partial charge in [-0.2, -0.15) is 23.7 Å². The van der Waals surface area contributed by atoms with Crippen molar-refractivity contribution >= 4 is 0 Å². The van der Waals surface area contributed by atoms with E-state index >= 15 is 0 Å². The molecule has 0 saturated carbocycles. The van der Waals surface area contributed by atoms with Gasteiger partial charge in [0, 0.05) is 5.56 Å². The van der Waals surface area contributed by atoms with E-state index in [1.807, 2.05) is 5.92 Å². The summed E-state index contributed by atoms with van der Waals surface area (Å²) >= 11 is 0.